The molecule has 1 aromatic carbocycles. The summed E-state index contributed by atoms with van der Waals surface area (Å²) >= 11 is 0. The lowest BCUT2D eigenvalue weighted by Gasteiger charge is -2.07. The van der Waals surface area contributed by atoms with E-state index in [2.05, 4.69) is 49.7 Å². The molecule has 0 atom stereocenters. The number of aliphatic imine (C=N–C) groups is 1. The summed E-state index contributed by atoms with van der Waals surface area (Å²) in [4.78, 5) is 4.68. The summed E-state index contributed by atoms with van der Waals surface area (Å²) < 4.78 is 0. The fourth-order valence-electron chi connectivity index (χ4n) is 1.47. The number of allylic oxidation sites excluding steroid dienone is 3. The van der Waals surface area contributed by atoms with Crippen LogP contribution in [0.5, 0.6) is 0 Å². The highest BCUT2D eigenvalue weighted by molar-refractivity contribution is 5.99. The van der Waals surface area contributed by atoms with Gasteiger partial charge < -0.3 is 0 Å². The molecule has 0 aliphatic rings. The van der Waals surface area contributed by atoms with E-state index in [4.69, 9.17) is 0 Å². The number of rotatable bonds is 3. The average Bonchev–Trinajstić information content (AvgIpc) is 2.30. The summed E-state index contributed by atoms with van der Waals surface area (Å²) in [5, 5.41) is 0. The molecule has 0 aliphatic carbocycles. The van der Waals surface area contributed by atoms with Gasteiger partial charge in [0.05, 0.1) is 5.69 Å². The van der Waals surface area contributed by atoms with E-state index in [0.29, 0.717) is 0 Å². The molecular weight excluding hydrogens is 206 g/mol. The van der Waals surface area contributed by atoms with Gasteiger partial charge in [-0.2, -0.15) is 0 Å². The topological polar surface area (TPSA) is 12.4 Å². The smallest absolute Gasteiger partial charge is 0.0668 e. The summed E-state index contributed by atoms with van der Waals surface area (Å²) in [5.74, 6) is 0. The Kier molecular flexibility index (Phi) is 4.45. The van der Waals surface area contributed by atoms with Crippen molar-refractivity contribution in [1.82, 2.24) is 0 Å². The first-order valence-electron chi connectivity index (χ1n) is 5.90. The zero-order valence-electron chi connectivity index (χ0n) is 11.5. The van der Waals surface area contributed by atoms with E-state index in [1.807, 2.05) is 20.8 Å². The summed E-state index contributed by atoms with van der Waals surface area (Å²) in [5.41, 5.74) is 6.73. The first kappa shape index (κ1) is 13.4. The van der Waals surface area contributed by atoms with Crippen molar-refractivity contribution in [2.75, 3.05) is 0 Å². The van der Waals surface area contributed by atoms with E-state index in [1.54, 1.807) is 0 Å². The molecule has 0 unspecified atom stereocenters. The molecule has 0 spiro atoms. The molecule has 0 aromatic heterocycles. The minimum atomic E-state index is 1.03. The molecule has 0 saturated heterocycles. The van der Waals surface area contributed by atoms with Crippen molar-refractivity contribution < 1.29 is 0 Å². The number of benzene rings is 1. The zero-order valence-corrected chi connectivity index (χ0v) is 11.5. The number of hydrogen-bond acceptors (Lipinski definition) is 1. The minimum Gasteiger partial charge on any atom is -0.253 e. The fraction of sp³-hybridized carbons (Fsp3) is 0.312. The van der Waals surface area contributed by atoms with Crippen LogP contribution in [0.4, 0.5) is 5.69 Å². The van der Waals surface area contributed by atoms with Gasteiger partial charge in [0.25, 0.3) is 0 Å². The predicted molar refractivity (Wildman–Crippen MR) is 78.1 cm³/mol. The van der Waals surface area contributed by atoms with Gasteiger partial charge in [-0.3, -0.25) is 4.99 Å². The maximum Gasteiger partial charge on any atom is 0.0668 e. The van der Waals surface area contributed by atoms with Crippen LogP contribution in [0.2, 0.25) is 0 Å². The second-order valence-electron chi connectivity index (χ2n) is 4.45. The standard InChI is InChI=1S/C16H21N/c1-7-12(4)14(6)17-16-10-15(11(2)3)9-8-13(16)5/h7-10H,2H2,1,3-6H3/b12-7+,17-14?. The predicted octanol–water partition coefficient (Wildman–Crippen LogP) is 5.09. The van der Waals surface area contributed by atoms with Gasteiger partial charge in [-0.05, 0) is 57.4 Å². The normalized spacial score (nSPS) is 12.8. The molecule has 1 nitrogen and oxygen atoms in total. The van der Waals surface area contributed by atoms with Crippen molar-refractivity contribution in [3.8, 4) is 0 Å². The van der Waals surface area contributed by atoms with Crippen LogP contribution in [0.15, 0.2) is 41.4 Å². The SMILES string of the molecule is C=C(C)c1ccc(C)c(N=C(C)/C(C)=C/C)c1. The van der Waals surface area contributed by atoms with Crippen LogP contribution >= 0.6 is 0 Å². The van der Waals surface area contributed by atoms with Gasteiger partial charge in [-0.25, -0.2) is 0 Å². The van der Waals surface area contributed by atoms with Crippen LogP contribution in [-0.4, -0.2) is 5.71 Å². The Morgan fingerprint density at radius 2 is 1.88 bits per heavy atom. The highest BCUT2D eigenvalue weighted by Crippen LogP contribution is 2.24. The highest BCUT2D eigenvalue weighted by Gasteiger charge is 2.01. The Labute approximate surface area is 105 Å². The van der Waals surface area contributed by atoms with E-state index in [0.717, 1.165) is 22.5 Å². The summed E-state index contributed by atoms with van der Waals surface area (Å²) in [7, 11) is 0. The monoisotopic (exact) mass is 227 g/mol. The molecule has 0 fully saturated rings. The van der Waals surface area contributed by atoms with Crippen molar-refractivity contribution >= 4 is 17.0 Å². The van der Waals surface area contributed by atoms with E-state index in [9.17, 15) is 0 Å². The summed E-state index contributed by atoms with van der Waals surface area (Å²) in [6.45, 7) is 14.2. The van der Waals surface area contributed by atoms with Gasteiger partial charge in [-0.1, -0.05) is 30.4 Å². The van der Waals surface area contributed by atoms with E-state index >= 15 is 0 Å². The molecule has 0 N–H and O–H groups in total. The van der Waals surface area contributed by atoms with Gasteiger partial charge in [0.2, 0.25) is 0 Å². The maximum atomic E-state index is 4.68. The second-order valence-corrected chi connectivity index (χ2v) is 4.45. The molecule has 1 heteroatoms. The largest absolute Gasteiger partial charge is 0.253 e. The van der Waals surface area contributed by atoms with E-state index in [1.165, 1.54) is 11.1 Å². The molecule has 90 valence electrons. The number of aryl methyl sites for hydroxylation is 1. The van der Waals surface area contributed by atoms with Crippen molar-refractivity contribution in [3.05, 3.63) is 47.6 Å². The Balaban J connectivity index is 3.22. The van der Waals surface area contributed by atoms with Crippen molar-refractivity contribution in [1.29, 1.82) is 0 Å². The van der Waals surface area contributed by atoms with Gasteiger partial charge in [0.1, 0.15) is 0 Å². The summed E-state index contributed by atoms with van der Waals surface area (Å²) in [6.07, 6.45) is 2.08. The van der Waals surface area contributed by atoms with E-state index < -0.39 is 0 Å². The molecule has 1 aromatic rings. The minimum absolute atomic E-state index is 1.03. The zero-order chi connectivity index (χ0) is 13.0. The van der Waals surface area contributed by atoms with Crippen LogP contribution in [-0.2, 0) is 0 Å². The average molecular weight is 227 g/mol. The third-order valence-electron chi connectivity index (χ3n) is 2.99. The second kappa shape index (κ2) is 5.62. The molecule has 0 amide bonds. The van der Waals surface area contributed by atoms with Gasteiger partial charge >= 0.3 is 0 Å². The third-order valence-corrected chi connectivity index (χ3v) is 2.99. The molecule has 17 heavy (non-hydrogen) atoms. The van der Waals surface area contributed by atoms with Crippen molar-refractivity contribution in [2.24, 2.45) is 4.99 Å². The molecule has 0 heterocycles. The molecule has 0 bridgehead atoms. The van der Waals surface area contributed by atoms with Crippen LogP contribution in [0, 0.1) is 6.92 Å². The third kappa shape index (κ3) is 3.42. The van der Waals surface area contributed by atoms with Crippen LogP contribution in [0.1, 0.15) is 38.8 Å². The van der Waals surface area contributed by atoms with Crippen LogP contribution in [0.25, 0.3) is 5.57 Å². The molecule has 0 saturated carbocycles. The van der Waals surface area contributed by atoms with Crippen LogP contribution in [0.3, 0.4) is 0 Å². The van der Waals surface area contributed by atoms with Gasteiger partial charge in [-0.15, -0.1) is 0 Å². The molecule has 0 radical (unpaired) electrons. The lowest BCUT2D eigenvalue weighted by molar-refractivity contribution is 1.36. The van der Waals surface area contributed by atoms with E-state index in [-0.39, 0.29) is 0 Å². The molecule has 1 rings (SSSR count). The van der Waals surface area contributed by atoms with Gasteiger partial charge in [0.15, 0.2) is 0 Å². The first-order chi connectivity index (χ1) is 7.95. The molecule has 0 aliphatic heterocycles. The van der Waals surface area contributed by atoms with Gasteiger partial charge in [0, 0.05) is 5.71 Å². The Bertz CT molecular complexity index is 490. The molecular formula is C16H21N. The lowest BCUT2D eigenvalue weighted by atomic mass is 10.1. The fourth-order valence-corrected chi connectivity index (χ4v) is 1.47. The van der Waals surface area contributed by atoms with Crippen LogP contribution < -0.4 is 0 Å². The highest BCUT2D eigenvalue weighted by atomic mass is 14.7. The lowest BCUT2D eigenvalue weighted by Crippen LogP contribution is -1.92. The summed E-state index contributed by atoms with van der Waals surface area (Å²) in [6, 6.07) is 6.29. The Morgan fingerprint density at radius 3 is 2.41 bits per heavy atom. The number of nitrogens with zero attached hydrogens (tertiary/aromatic N) is 1. The van der Waals surface area contributed by atoms with Crippen molar-refractivity contribution in [2.45, 2.75) is 34.6 Å². The quantitative estimate of drug-likeness (QED) is 0.638. The first-order valence-corrected chi connectivity index (χ1v) is 5.90. The Hall–Kier alpha value is -1.63. The Morgan fingerprint density at radius 1 is 1.24 bits per heavy atom. The van der Waals surface area contributed by atoms with Crippen molar-refractivity contribution in [3.63, 3.8) is 0 Å². The number of hydrogen-bond donors (Lipinski definition) is 0. The maximum absolute atomic E-state index is 4.68.